The fourth-order valence-corrected chi connectivity index (χ4v) is 2.24. The maximum absolute atomic E-state index is 10.1. The van der Waals surface area contributed by atoms with Gasteiger partial charge in [-0.1, -0.05) is 42.6 Å². The van der Waals surface area contributed by atoms with Crippen molar-refractivity contribution in [1.29, 1.82) is 0 Å². The van der Waals surface area contributed by atoms with Crippen molar-refractivity contribution in [2.45, 2.75) is 38.7 Å². The Bertz CT molecular complexity index is 314. The summed E-state index contributed by atoms with van der Waals surface area (Å²) in [5.74, 6) is 0. The zero-order valence-corrected chi connectivity index (χ0v) is 10.6. The number of hydrogen-bond donors (Lipinski definition) is 1. The summed E-state index contributed by atoms with van der Waals surface area (Å²) in [6, 6.07) is 5.40. The smallest absolute Gasteiger partial charge is 0.0660 e. The van der Waals surface area contributed by atoms with E-state index in [2.05, 4.69) is 0 Å². The lowest BCUT2D eigenvalue weighted by Gasteiger charge is -2.23. The first-order chi connectivity index (χ1) is 6.96. The first-order valence-corrected chi connectivity index (χ1v) is 5.87. The molecule has 1 rings (SSSR count). The Hall–Kier alpha value is -0.240. The first kappa shape index (κ1) is 12.8. The molecular formula is C12H16Cl2O. The zero-order valence-electron chi connectivity index (χ0n) is 9.06. The molecule has 1 aromatic carbocycles. The van der Waals surface area contributed by atoms with Crippen molar-refractivity contribution < 1.29 is 5.11 Å². The molecule has 3 heteroatoms. The molecule has 0 aliphatic heterocycles. The molecule has 0 aliphatic rings. The van der Waals surface area contributed by atoms with Crippen LogP contribution in [-0.4, -0.2) is 10.7 Å². The fraction of sp³-hybridized carbons (Fsp3) is 0.500. The Labute approximate surface area is 101 Å². The van der Waals surface area contributed by atoms with Crippen molar-refractivity contribution in [2.24, 2.45) is 0 Å². The predicted octanol–water partition coefficient (Wildman–Crippen LogP) is 4.09. The lowest BCUT2D eigenvalue weighted by molar-refractivity contribution is 0.0506. The maximum atomic E-state index is 10.1. The van der Waals surface area contributed by atoms with Gasteiger partial charge in [0.1, 0.15) is 0 Å². The average Bonchev–Trinajstić information content (AvgIpc) is 2.11. The van der Waals surface area contributed by atoms with Gasteiger partial charge in [-0.3, -0.25) is 0 Å². The molecule has 0 aromatic heterocycles. The second-order valence-electron chi connectivity index (χ2n) is 4.12. The van der Waals surface area contributed by atoms with Crippen LogP contribution in [0.2, 0.25) is 10.0 Å². The summed E-state index contributed by atoms with van der Waals surface area (Å²) in [7, 11) is 0. The van der Waals surface area contributed by atoms with Gasteiger partial charge in [0.25, 0.3) is 0 Å². The number of benzene rings is 1. The van der Waals surface area contributed by atoms with Crippen LogP contribution in [0.15, 0.2) is 18.2 Å². The number of hydrogen-bond acceptors (Lipinski definition) is 1. The van der Waals surface area contributed by atoms with E-state index < -0.39 is 5.60 Å². The van der Waals surface area contributed by atoms with Crippen molar-refractivity contribution in [1.82, 2.24) is 0 Å². The van der Waals surface area contributed by atoms with Crippen molar-refractivity contribution in [2.75, 3.05) is 0 Å². The van der Waals surface area contributed by atoms with E-state index in [4.69, 9.17) is 23.2 Å². The van der Waals surface area contributed by atoms with Crippen LogP contribution < -0.4 is 0 Å². The van der Waals surface area contributed by atoms with Gasteiger partial charge in [0.05, 0.1) is 5.60 Å². The molecular weight excluding hydrogens is 231 g/mol. The van der Waals surface area contributed by atoms with Gasteiger partial charge >= 0.3 is 0 Å². The molecule has 0 fully saturated rings. The molecule has 0 bridgehead atoms. The lowest BCUT2D eigenvalue weighted by atomic mass is 9.92. The molecule has 1 atom stereocenters. The summed E-state index contributed by atoms with van der Waals surface area (Å²) in [4.78, 5) is 0. The van der Waals surface area contributed by atoms with Crippen molar-refractivity contribution in [3.8, 4) is 0 Å². The summed E-state index contributed by atoms with van der Waals surface area (Å²) < 4.78 is 0. The maximum Gasteiger partial charge on any atom is 0.0660 e. The summed E-state index contributed by atoms with van der Waals surface area (Å²) in [5.41, 5.74) is 0.0999. The van der Waals surface area contributed by atoms with E-state index in [9.17, 15) is 5.11 Å². The van der Waals surface area contributed by atoms with Crippen LogP contribution in [0.25, 0.3) is 0 Å². The third-order valence-corrected chi connectivity index (χ3v) is 3.12. The molecule has 0 saturated carbocycles. The van der Waals surface area contributed by atoms with Gasteiger partial charge in [0.15, 0.2) is 0 Å². The number of halogens is 2. The standard InChI is InChI=1S/C12H16Cl2O/c1-3-7-12(2,15)8-9-10(13)5-4-6-11(9)14/h4-6,15H,3,7-8H2,1-2H3. The Morgan fingerprint density at radius 1 is 1.27 bits per heavy atom. The molecule has 0 saturated heterocycles. The van der Waals surface area contributed by atoms with Crippen LogP contribution in [0.4, 0.5) is 0 Å². The van der Waals surface area contributed by atoms with Crippen LogP contribution >= 0.6 is 23.2 Å². The van der Waals surface area contributed by atoms with E-state index in [0.717, 1.165) is 18.4 Å². The minimum Gasteiger partial charge on any atom is -0.390 e. The van der Waals surface area contributed by atoms with Crippen LogP contribution in [0, 0.1) is 0 Å². The van der Waals surface area contributed by atoms with Gasteiger partial charge in [-0.2, -0.15) is 0 Å². The Kier molecular flexibility index (Phi) is 4.45. The molecule has 0 radical (unpaired) electrons. The molecule has 1 aromatic rings. The van der Waals surface area contributed by atoms with Crippen LogP contribution in [0.1, 0.15) is 32.3 Å². The minimum absolute atomic E-state index is 0.499. The third-order valence-electron chi connectivity index (χ3n) is 2.41. The normalized spacial score (nSPS) is 15.0. The summed E-state index contributed by atoms with van der Waals surface area (Å²) in [6.45, 7) is 3.86. The van der Waals surface area contributed by atoms with Crippen molar-refractivity contribution >= 4 is 23.2 Å². The highest BCUT2D eigenvalue weighted by molar-refractivity contribution is 6.36. The van der Waals surface area contributed by atoms with Crippen LogP contribution in [-0.2, 0) is 6.42 Å². The molecule has 84 valence electrons. The van der Waals surface area contributed by atoms with E-state index in [0.29, 0.717) is 16.5 Å². The van der Waals surface area contributed by atoms with E-state index in [1.54, 1.807) is 12.1 Å². The monoisotopic (exact) mass is 246 g/mol. The molecule has 0 spiro atoms. The van der Waals surface area contributed by atoms with Gasteiger partial charge in [-0.05, 0) is 31.0 Å². The van der Waals surface area contributed by atoms with Gasteiger partial charge < -0.3 is 5.11 Å². The van der Waals surface area contributed by atoms with Crippen LogP contribution in [0.5, 0.6) is 0 Å². The second kappa shape index (κ2) is 5.20. The Balaban J connectivity index is 2.89. The SMILES string of the molecule is CCCC(C)(O)Cc1c(Cl)cccc1Cl. The Morgan fingerprint density at radius 3 is 2.27 bits per heavy atom. The Morgan fingerprint density at radius 2 is 1.80 bits per heavy atom. The van der Waals surface area contributed by atoms with Gasteiger partial charge in [0, 0.05) is 16.5 Å². The predicted molar refractivity (Wildman–Crippen MR) is 65.7 cm³/mol. The molecule has 0 heterocycles. The van der Waals surface area contributed by atoms with Crippen LogP contribution in [0.3, 0.4) is 0 Å². The van der Waals surface area contributed by atoms with E-state index in [1.165, 1.54) is 0 Å². The molecule has 0 amide bonds. The molecule has 0 aliphatic carbocycles. The molecule has 1 unspecified atom stereocenters. The van der Waals surface area contributed by atoms with E-state index in [-0.39, 0.29) is 0 Å². The highest BCUT2D eigenvalue weighted by atomic mass is 35.5. The highest BCUT2D eigenvalue weighted by Gasteiger charge is 2.22. The summed E-state index contributed by atoms with van der Waals surface area (Å²) in [5, 5.41) is 11.3. The fourth-order valence-electron chi connectivity index (χ4n) is 1.71. The third kappa shape index (κ3) is 3.67. The van der Waals surface area contributed by atoms with Crippen molar-refractivity contribution in [3.05, 3.63) is 33.8 Å². The van der Waals surface area contributed by atoms with E-state index >= 15 is 0 Å². The topological polar surface area (TPSA) is 20.2 Å². The quantitative estimate of drug-likeness (QED) is 0.849. The lowest BCUT2D eigenvalue weighted by Crippen LogP contribution is -2.27. The number of rotatable bonds is 4. The van der Waals surface area contributed by atoms with E-state index in [1.807, 2.05) is 19.9 Å². The zero-order chi connectivity index (χ0) is 11.5. The summed E-state index contributed by atoms with van der Waals surface area (Å²) >= 11 is 12.1. The average molecular weight is 247 g/mol. The molecule has 15 heavy (non-hydrogen) atoms. The van der Waals surface area contributed by atoms with Gasteiger partial charge in [-0.15, -0.1) is 0 Å². The van der Waals surface area contributed by atoms with Gasteiger partial charge in [-0.25, -0.2) is 0 Å². The summed E-state index contributed by atoms with van der Waals surface area (Å²) in [6.07, 6.45) is 2.18. The second-order valence-corrected chi connectivity index (χ2v) is 4.94. The molecule has 1 N–H and O–H groups in total. The van der Waals surface area contributed by atoms with Crippen molar-refractivity contribution in [3.63, 3.8) is 0 Å². The minimum atomic E-state index is -0.733. The molecule has 1 nitrogen and oxygen atoms in total. The number of aliphatic hydroxyl groups is 1. The largest absolute Gasteiger partial charge is 0.390 e. The van der Waals surface area contributed by atoms with Gasteiger partial charge in [0.2, 0.25) is 0 Å². The first-order valence-electron chi connectivity index (χ1n) is 5.11. The highest BCUT2D eigenvalue weighted by Crippen LogP contribution is 2.29.